The molecule has 0 saturated heterocycles. The number of aliphatic carboxylic acids is 1. The zero-order valence-electron chi connectivity index (χ0n) is 9.95. The van der Waals surface area contributed by atoms with E-state index < -0.39 is 23.8 Å². The maximum atomic E-state index is 12.8. The van der Waals surface area contributed by atoms with Gasteiger partial charge in [-0.3, -0.25) is 0 Å². The van der Waals surface area contributed by atoms with Crippen LogP contribution in [0.2, 0.25) is 0 Å². The standard InChI is InChI=1S/C12H11F3N2O2/c1-2-6-3-7-4-8(11(18)19)9(12(13,14)15)17-10(7)16-5-6/h3-5,9H,2H2,1H3,(H,16,17)(H,18,19). The molecule has 0 saturated carbocycles. The molecule has 2 N–H and O–H groups in total. The number of carboxylic acids is 1. The van der Waals surface area contributed by atoms with Crippen molar-refractivity contribution in [1.29, 1.82) is 0 Å². The SMILES string of the molecule is CCc1cnc2c(c1)C=C(C(=O)O)C(C(F)(F)F)N2. The number of halogens is 3. The van der Waals surface area contributed by atoms with E-state index in [9.17, 15) is 18.0 Å². The zero-order chi connectivity index (χ0) is 14.2. The highest BCUT2D eigenvalue weighted by atomic mass is 19.4. The van der Waals surface area contributed by atoms with Crippen LogP contribution in [0.4, 0.5) is 19.0 Å². The topological polar surface area (TPSA) is 62.2 Å². The molecular formula is C12H11F3N2O2. The van der Waals surface area contributed by atoms with E-state index in [1.54, 1.807) is 6.07 Å². The highest BCUT2D eigenvalue weighted by Crippen LogP contribution is 2.34. The Hall–Kier alpha value is -2.05. The molecule has 0 aromatic carbocycles. The van der Waals surface area contributed by atoms with Gasteiger partial charge in [0, 0.05) is 11.8 Å². The minimum Gasteiger partial charge on any atom is -0.478 e. The lowest BCUT2D eigenvalue weighted by Crippen LogP contribution is -2.42. The van der Waals surface area contributed by atoms with Crippen LogP contribution in [-0.4, -0.2) is 28.3 Å². The summed E-state index contributed by atoms with van der Waals surface area (Å²) in [4.78, 5) is 14.8. The Bertz CT molecular complexity index is 552. The molecule has 2 rings (SSSR count). The maximum absolute atomic E-state index is 12.8. The van der Waals surface area contributed by atoms with Gasteiger partial charge in [0.2, 0.25) is 0 Å². The highest BCUT2D eigenvalue weighted by molar-refractivity contribution is 5.97. The Labute approximate surface area is 107 Å². The minimum absolute atomic E-state index is 0.0459. The van der Waals surface area contributed by atoms with Gasteiger partial charge in [-0.2, -0.15) is 13.2 Å². The molecule has 1 atom stereocenters. The van der Waals surface area contributed by atoms with E-state index in [1.165, 1.54) is 6.20 Å². The van der Waals surface area contributed by atoms with Crippen LogP contribution in [0.5, 0.6) is 0 Å². The average molecular weight is 272 g/mol. The fraction of sp³-hybridized carbons (Fsp3) is 0.333. The van der Waals surface area contributed by atoms with Gasteiger partial charge in [0.25, 0.3) is 0 Å². The summed E-state index contributed by atoms with van der Waals surface area (Å²) in [7, 11) is 0. The van der Waals surface area contributed by atoms with Crippen molar-refractivity contribution in [2.24, 2.45) is 0 Å². The molecule has 102 valence electrons. The molecule has 4 nitrogen and oxygen atoms in total. The van der Waals surface area contributed by atoms with E-state index in [1.807, 2.05) is 6.92 Å². The van der Waals surface area contributed by atoms with Crippen LogP contribution in [0.3, 0.4) is 0 Å². The van der Waals surface area contributed by atoms with Gasteiger partial charge >= 0.3 is 12.1 Å². The highest BCUT2D eigenvalue weighted by Gasteiger charge is 2.46. The molecule has 1 aromatic rings. The quantitative estimate of drug-likeness (QED) is 0.868. The van der Waals surface area contributed by atoms with Crippen molar-refractivity contribution in [2.45, 2.75) is 25.6 Å². The first-order valence-corrected chi connectivity index (χ1v) is 5.60. The molecule has 0 aliphatic carbocycles. The average Bonchev–Trinajstić information content (AvgIpc) is 2.35. The third kappa shape index (κ3) is 2.54. The van der Waals surface area contributed by atoms with Crippen molar-refractivity contribution in [1.82, 2.24) is 4.98 Å². The second-order valence-electron chi connectivity index (χ2n) is 4.16. The predicted octanol–water partition coefficient (Wildman–Crippen LogP) is 2.47. The monoisotopic (exact) mass is 272 g/mol. The smallest absolute Gasteiger partial charge is 0.413 e. The van der Waals surface area contributed by atoms with Gasteiger partial charge in [-0.15, -0.1) is 0 Å². The zero-order valence-corrected chi connectivity index (χ0v) is 9.95. The second-order valence-corrected chi connectivity index (χ2v) is 4.16. The summed E-state index contributed by atoms with van der Waals surface area (Å²) < 4.78 is 38.4. The molecule has 7 heteroatoms. The first-order valence-electron chi connectivity index (χ1n) is 5.60. The lowest BCUT2D eigenvalue weighted by molar-refractivity contribution is -0.146. The van der Waals surface area contributed by atoms with Crippen LogP contribution in [0.15, 0.2) is 17.8 Å². The maximum Gasteiger partial charge on any atom is 0.413 e. The number of carboxylic acid groups (broad SMARTS) is 1. The van der Waals surface area contributed by atoms with Gasteiger partial charge in [0.1, 0.15) is 5.82 Å². The molecule has 0 spiro atoms. The fourth-order valence-corrected chi connectivity index (χ4v) is 1.86. The molecular weight excluding hydrogens is 261 g/mol. The van der Waals surface area contributed by atoms with E-state index >= 15 is 0 Å². The van der Waals surface area contributed by atoms with E-state index in [0.29, 0.717) is 12.0 Å². The van der Waals surface area contributed by atoms with Crippen LogP contribution >= 0.6 is 0 Å². The van der Waals surface area contributed by atoms with E-state index in [4.69, 9.17) is 5.11 Å². The predicted molar refractivity (Wildman–Crippen MR) is 62.7 cm³/mol. The van der Waals surface area contributed by atoms with Crippen LogP contribution < -0.4 is 5.32 Å². The number of pyridine rings is 1. The number of carbonyl (C=O) groups is 1. The Morgan fingerprint density at radius 1 is 1.53 bits per heavy atom. The number of hydrogen-bond donors (Lipinski definition) is 2. The van der Waals surface area contributed by atoms with E-state index in [-0.39, 0.29) is 5.82 Å². The van der Waals surface area contributed by atoms with Gasteiger partial charge in [-0.1, -0.05) is 6.92 Å². The Morgan fingerprint density at radius 2 is 2.21 bits per heavy atom. The van der Waals surface area contributed by atoms with Crippen LogP contribution in [0.1, 0.15) is 18.1 Å². The lowest BCUT2D eigenvalue weighted by atomic mass is 9.98. The molecule has 2 heterocycles. The van der Waals surface area contributed by atoms with Gasteiger partial charge in [-0.05, 0) is 24.1 Å². The van der Waals surface area contributed by atoms with Gasteiger partial charge in [0.05, 0.1) is 5.57 Å². The molecule has 0 radical (unpaired) electrons. The molecule has 19 heavy (non-hydrogen) atoms. The molecule has 1 unspecified atom stereocenters. The van der Waals surface area contributed by atoms with E-state index in [2.05, 4.69) is 10.3 Å². The Morgan fingerprint density at radius 3 is 2.74 bits per heavy atom. The largest absolute Gasteiger partial charge is 0.478 e. The van der Waals surface area contributed by atoms with Crippen LogP contribution in [-0.2, 0) is 11.2 Å². The third-order valence-electron chi connectivity index (χ3n) is 2.86. The molecule has 0 fully saturated rings. The molecule has 1 aromatic heterocycles. The number of fused-ring (bicyclic) bond motifs is 1. The van der Waals surface area contributed by atoms with Gasteiger partial charge in [-0.25, -0.2) is 9.78 Å². The molecule has 0 bridgehead atoms. The first-order chi connectivity index (χ1) is 8.82. The third-order valence-corrected chi connectivity index (χ3v) is 2.86. The summed E-state index contributed by atoms with van der Waals surface area (Å²) in [6.45, 7) is 1.88. The molecule has 0 amide bonds. The number of aromatic nitrogens is 1. The van der Waals surface area contributed by atoms with Crippen LogP contribution in [0.25, 0.3) is 6.08 Å². The second kappa shape index (κ2) is 4.56. The number of rotatable bonds is 2. The summed E-state index contributed by atoms with van der Waals surface area (Å²) in [5.74, 6) is -1.55. The summed E-state index contributed by atoms with van der Waals surface area (Å²) in [5.41, 5.74) is 0.458. The number of anilines is 1. The Kier molecular flexibility index (Phi) is 3.21. The van der Waals surface area contributed by atoms with E-state index in [0.717, 1.165) is 11.6 Å². The van der Waals surface area contributed by atoms with Crippen LogP contribution in [0, 0.1) is 0 Å². The normalized spacial score (nSPS) is 18.3. The van der Waals surface area contributed by atoms with Crippen molar-refractivity contribution in [3.8, 4) is 0 Å². The number of nitrogens with zero attached hydrogens (tertiary/aromatic N) is 1. The summed E-state index contributed by atoms with van der Waals surface area (Å²) in [5, 5.41) is 11.0. The van der Waals surface area contributed by atoms with Gasteiger partial charge < -0.3 is 10.4 Å². The Balaban J connectivity index is 2.51. The lowest BCUT2D eigenvalue weighted by Gasteiger charge is -2.27. The number of alkyl halides is 3. The van der Waals surface area contributed by atoms with Crippen molar-refractivity contribution in [2.75, 3.05) is 5.32 Å². The van der Waals surface area contributed by atoms with Crippen molar-refractivity contribution in [3.05, 3.63) is 29.0 Å². The van der Waals surface area contributed by atoms with Gasteiger partial charge in [0.15, 0.2) is 6.04 Å². The first kappa shape index (κ1) is 13.4. The van der Waals surface area contributed by atoms with Crippen molar-refractivity contribution in [3.63, 3.8) is 0 Å². The fourth-order valence-electron chi connectivity index (χ4n) is 1.86. The number of hydrogen-bond acceptors (Lipinski definition) is 3. The summed E-state index contributed by atoms with van der Waals surface area (Å²) in [6, 6.07) is -0.609. The summed E-state index contributed by atoms with van der Waals surface area (Å²) >= 11 is 0. The number of aryl methyl sites for hydroxylation is 1. The van der Waals surface area contributed by atoms with Crippen molar-refractivity contribution >= 4 is 17.9 Å². The minimum atomic E-state index is -4.69. The molecule has 1 aliphatic rings. The van der Waals surface area contributed by atoms with Crippen molar-refractivity contribution < 1.29 is 23.1 Å². The molecule has 1 aliphatic heterocycles. The summed E-state index contributed by atoms with van der Waals surface area (Å²) in [6.07, 6.45) is -1.52. The number of nitrogens with one attached hydrogen (secondary N) is 1.